The van der Waals surface area contributed by atoms with Crippen molar-refractivity contribution < 1.29 is 4.79 Å². The molecule has 1 amide bonds. The zero-order valence-electron chi connectivity index (χ0n) is 17.2. The molecule has 2 heterocycles. The van der Waals surface area contributed by atoms with Crippen LogP contribution in [0.15, 0.2) is 30.3 Å². The van der Waals surface area contributed by atoms with Crippen LogP contribution in [0.25, 0.3) is 0 Å². The van der Waals surface area contributed by atoms with Gasteiger partial charge >= 0.3 is 0 Å². The number of aryl methyl sites for hydroxylation is 2. The largest absolute Gasteiger partial charge is 0.353 e. The number of nitrogens with zero attached hydrogens (tertiary/aromatic N) is 4. The molecule has 1 aromatic carbocycles. The highest BCUT2D eigenvalue weighted by atomic mass is 35.5. The Morgan fingerprint density at radius 3 is 2.32 bits per heavy atom. The third kappa shape index (κ3) is 4.46. The Hall–Kier alpha value is -2.14. The van der Waals surface area contributed by atoms with Crippen LogP contribution in [0.2, 0.25) is 0 Å². The maximum atomic E-state index is 12.7. The Morgan fingerprint density at radius 1 is 1.07 bits per heavy atom. The maximum absolute atomic E-state index is 12.7. The molecule has 0 radical (unpaired) electrons. The Morgan fingerprint density at radius 2 is 1.71 bits per heavy atom. The van der Waals surface area contributed by atoms with Crippen molar-refractivity contribution in [2.24, 2.45) is 5.41 Å². The van der Waals surface area contributed by atoms with Gasteiger partial charge in [0.2, 0.25) is 5.91 Å². The van der Waals surface area contributed by atoms with Crippen molar-refractivity contribution >= 4 is 23.3 Å². The van der Waals surface area contributed by atoms with Gasteiger partial charge in [-0.2, -0.15) is 0 Å². The molecule has 1 saturated heterocycles. The first-order valence-electron chi connectivity index (χ1n) is 9.80. The number of anilines is 1. The Labute approximate surface area is 172 Å². The van der Waals surface area contributed by atoms with Gasteiger partial charge in [0.15, 0.2) is 0 Å². The number of hydrogen-bond donors (Lipinski definition) is 0. The average Bonchev–Trinajstić information content (AvgIpc) is 2.70. The van der Waals surface area contributed by atoms with Gasteiger partial charge in [0.1, 0.15) is 11.6 Å². The minimum absolute atomic E-state index is 0.127. The molecule has 1 aromatic heterocycles. The van der Waals surface area contributed by atoms with E-state index in [-0.39, 0.29) is 5.91 Å². The molecule has 1 aliphatic heterocycles. The fraction of sp³-hybridized carbons (Fsp3) is 0.500. The number of carbonyl (C=O) groups is 1. The lowest BCUT2D eigenvalue weighted by molar-refractivity contribution is -0.139. The highest BCUT2D eigenvalue weighted by Crippen LogP contribution is 2.27. The number of piperazine rings is 1. The standard InChI is InChI=1S/C22H29ClN4O/c1-16-19(14-18-8-6-5-7-9-18)20(25-17(2)24-16)26-10-12-27(13-11-26)21(28)22(3,4)15-23/h5-9H,10-15H2,1-4H3. The summed E-state index contributed by atoms with van der Waals surface area (Å²) >= 11 is 5.99. The SMILES string of the molecule is Cc1nc(C)c(Cc2ccccc2)c(N2CCN(C(=O)C(C)(C)CCl)CC2)n1. The second kappa shape index (κ2) is 8.48. The Bertz CT molecular complexity index is 830. The maximum Gasteiger partial charge on any atom is 0.229 e. The minimum Gasteiger partial charge on any atom is -0.353 e. The molecule has 1 fully saturated rings. The fourth-order valence-electron chi connectivity index (χ4n) is 3.59. The average molecular weight is 401 g/mol. The molecule has 5 nitrogen and oxygen atoms in total. The minimum atomic E-state index is -0.524. The first kappa shape index (κ1) is 20.6. The van der Waals surface area contributed by atoms with Crippen LogP contribution in [0, 0.1) is 19.3 Å². The number of hydrogen-bond acceptors (Lipinski definition) is 4. The van der Waals surface area contributed by atoms with Gasteiger partial charge in [0, 0.05) is 49.7 Å². The van der Waals surface area contributed by atoms with E-state index in [1.807, 2.05) is 31.7 Å². The zero-order valence-corrected chi connectivity index (χ0v) is 18.0. The molecule has 6 heteroatoms. The van der Waals surface area contributed by atoms with Crippen molar-refractivity contribution in [2.45, 2.75) is 34.1 Å². The monoisotopic (exact) mass is 400 g/mol. The first-order chi connectivity index (χ1) is 13.3. The smallest absolute Gasteiger partial charge is 0.229 e. The number of alkyl halides is 1. The number of benzene rings is 1. The van der Waals surface area contributed by atoms with E-state index in [1.54, 1.807) is 0 Å². The summed E-state index contributed by atoms with van der Waals surface area (Å²) in [6.45, 7) is 10.7. The van der Waals surface area contributed by atoms with Gasteiger partial charge in [0.25, 0.3) is 0 Å². The molecule has 3 rings (SSSR count). The van der Waals surface area contributed by atoms with Gasteiger partial charge in [-0.25, -0.2) is 9.97 Å². The van der Waals surface area contributed by atoms with E-state index in [9.17, 15) is 4.79 Å². The van der Waals surface area contributed by atoms with Gasteiger partial charge in [-0.05, 0) is 33.3 Å². The molecular weight excluding hydrogens is 372 g/mol. The van der Waals surface area contributed by atoms with Crippen molar-refractivity contribution in [2.75, 3.05) is 37.0 Å². The van der Waals surface area contributed by atoms with Crippen molar-refractivity contribution in [1.29, 1.82) is 0 Å². The second-order valence-corrected chi connectivity index (χ2v) is 8.38. The van der Waals surface area contributed by atoms with E-state index in [2.05, 4.69) is 41.1 Å². The molecule has 0 atom stereocenters. The molecule has 150 valence electrons. The first-order valence-corrected chi connectivity index (χ1v) is 10.3. The molecule has 28 heavy (non-hydrogen) atoms. The van der Waals surface area contributed by atoms with E-state index in [0.29, 0.717) is 19.0 Å². The van der Waals surface area contributed by atoms with Crippen molar-refractivity contribution in [3.05, 3.63) is 53.0 Å². The molecule has 0 aliphatic carbocycles. The van der Waals surface area contributed by atoms with Crippen LogP contribution >= 0.6 is 11.6 Å². The van der Waals surface area contributed by atoms with Gasteiger partial charge in [-0.15, -0.1) is 11.6 Å². The van der Waals surface area contributed by atoms with Crippen LogP contribution in [0.4, 0.5) is 5.82 Å². The summed E-state index contributed by atoms with van der Waals surface area (Å²) in [5, 5.41) is 0. The van der Waals surface area contributed by atoms with Crippen LogP contribution in [0.1, 0.15) is 36.5 Å². The summed E-state index contributed by atoms with van der Waals surface area (Å²) in [5.41, 5.74) is 2.91. The van der Waals surface area contributed by atoms with Gasteiger partial charge in [-0.1, -0.05) is 30.3 Å². The molecular formula is C22H29ClN4O. The number of rotatable bonds is 5. The number of aromatic nitrogens is 2. The normalized spacial score (nSPS) is 15.0. The predicted molar refractivity (Wildman–Crippen MR) is 114 cm³/mol. The lowest BCUT2D eigenvalue weighted by Gasteiger charge is -2.39. The lowest BCUT2D eigenvalue weighted by atomic mass is 9.94. The van der Waals surface area contributed by atoms with Gasteiger partial charge in [-0.3, -0.25) is 4.79 Å². The third-order valence-electron chi connectivity index (χ3n) is 5.31. The Kier molecular flexibility index (Phi) is 6.23. The molecule has 0 bridgehead atoms. The summed E-state index contributed by atoms with van der Waals surface area (Å²) in [7, 11) is 0. The zero-order chi connectivity index (χ0) is 20.3. The quantitative estimate of drug-likeness (QED) is 0.719. The molecule has 0 unspecified atom stereocenters. The molecule has 0 spiro atoms. The van der Waals surface area contributed by atoms with Crippen LogP contribution in [-0.4, -0.2) is 52.8 Å². The topological polar surface area (TPSA) is 49.3 Å². The van der Waals surface area contributed by atoms with E-state index in [4.69, 9.17) is 16.6 Å². The summed E-state index contributed by atoms with van der Waals surface area (Å²) in [6, 6.07) is 10.4. The molecule has 1 aliphatic rings. The van der Waals surface area contributed by atoms with Crippen LogP contribution < -0.4 is 4.90 Å². The third-order valence-corrected chi connectivity index (χ3v) is 5.98. The summed E-state index contributed by atoms with van der Waals surface area (Å²) in [5.74, 6) is 2.24. The second-order valence-electron chi connectivity index (χ2n) is 8.12. The number of amides is 1. The van der Waals surface area contributed by atoms with Crippen LogP contribution in [-0.2, 0) is 11.2 Å². The van der Waals surface area contributed by atoms with E-state index >= 15 is 0 Å². The van der Waals surface area contributed by atoms with E-state index < -0.39 is 5.41 Å². The molecule has 0 saturated carbocycles. The number of carbonyl (C=O) groups excluding carboxylic acids is 1. The highest BCUT2D eigenvalue weighted by Gasteiger charge is 2.33. The van der Waals surface area contributed by atoms with Crippen molar-refractivity contribution in [1.82, 2.24) is 14.9 Å². The van der Waals surface area contributed by atoms with Crippen molar-refractivity contribution in [3.8, 4) is 0 Å². The summed E-state index contributed by atoms with van der Waals surface area (Å²) in [4.78, 5) is 26.3. The van der Waals surface area contributed by atoms with Crippen molar-refractivity contribution in [3.63, 3.8) is 0 Å². The number of halogens is 1. The Balaban J connectivity index is 1.80. The lowest BCUT2D eigenvalue weighted by Crippen LogP contribution is -2.53. The van der Waals surface area contributed by atoms with E-state index in [1.165, 1.54) is 5.56 Å². The van der Waals surface area contributed by atoms with Gasteiger partial charge < -0.3 is 9.80 Å². The van der Waals surface area contributed by atoms with Crippen LogP contribution in [0.3, 0.4) is 0 Å². The molecule has 0 N–H and O–H groups in total. The van der Waals surface area contributed by atoms with E-state index in [0.717, 1.165) is 42.4 Å². The summed E-state index contributed by atoms with van der Waals surface area (Å²) < 4.78 is 0. The fourth-order valence-corrected chi connectivity index (χ4v) is 3.71. The van der Waals surface area contributed by atoms with Gasteiger partial charge in [0.05, 0.1) is 5.41 Å². The summed E-state index contributed by atoms with van der Waals surface area (Å²) in [6.07, 6.45) is 0.806. The van der Waals surface area contributed by atoms with Crippen LogP contribution in [0.5, 0.6) is 0 Å². The molecule has 2 aromatic rings. The predicted octanol–water partition coefficient (Wildman–Crippen LogP) is 3.60. The highest BCUT2D eigenvalue weighted by molar-refractivity contribution is 6.19.